The molecular weight excluding hydrogens is 192 g/mol. The highest BCUT2D eigenvalue weighted by Gasteiger charge is 2.11. The van der Waals surface area contributed by atoms with Crippen LogP contribution in [-0.4, -0.2) is 12.4 Å². The van der Waals surface area contributed by atoms with Gasteiger partial charge in [0.2, 0.25) is 0 Å². The molecule has 0 radical (unpaired) electrons. The second-order valence-corrected chi connectivity index (χ2v) is 3.62. The second kappa shape index (κ2) is 4.34. The molecule has 3 nitrogen and oxygen atoms in total. The zero-order valence-corrected chi connectivity index (χ0v) is 9.51. The minimum atomic E-state index is -0.192. The van der Waals surface area contributed by atoms with Crippen LogP contribution in [0.25, 0.3) is 0 Å². The largest absolute Gasteiger partial charge is 0.872 e. The van der Waals surface area contributed by atoms with Crippen molar-refractivity contribution in [1.82, 2.24) is 0 Å². The topological polar surface area (TPSA) is 49.4 Å². The van der Waals surface area contributed by atoms with Gasteiger partial charge in [0, 0.05) is 0 Å². The van der Waals surface area contributed by atoms with Crippen molar-refractivity contribution < 1.29 is 14.6 Å². The summed E-state index contributed by atoms with van der Waals surface area (Å²) in [5.41, 5.74) is 1.67. The van der Waals surface area contributed by atoms with E-state index in [1.54, 1.807) is 13.0 Å². The Bertz CT molecular complexity index is 384. The van der Waals surface area contributed by atoms with Crippen molar-refractivity contribution in [2.75, 3.05) is 6.61 Å². The van der Waals surface area contributed by atoms with Gasteiger partial charge in [-0.05, 0) is 50.5 Å². The van der Waals surface area contributed by atoms with Gasteiger partial charge in [0.1, 0.15) is 6.61 Å². The fourth-order valence-corrected chi connectivity index (χ4v) is 1.33. The lowest BCUT2D eigenvalue weighted by molar-refractivity contribution is -0.298. The summed E-state index contributed by atoms with van der Waals surface area (Å²) in [6.07, 6.45) is 1.72. The van der Waals surface area contributed by atoms with Crippen LogP contribution in [0.2, 0.25) is 0 Å². The maximum atomic E-state index is 11.9. The molecule has 0 bridgehead atoms. The Morgan fingerprint density at radius 1 is 1.40 bits per heavy atom. The van der Waals surface area contributed by atoms with E-state index in [4.69, 9.17) is 4.74 Å². The number of hydrogen-bond donors (Lipinski definition) is 0. The number of carbonyl (C=O) groups is 1. The average Bonchev–Trinajstić information content (AvgIpc) is 2.20. The Kier molecular flexibility index (Phi) is 3.35. The van der Waals surface area contributed by atoms with Gasteiger partial charge >= 0.3 is 0 Å². The first-order valence-corrected chi connectivity index (χ1v) is 4.85. The van der Waals surface area contributed by atoms with Gasteiger partial charge in [-0.3, -0.25) is 4.79 Å². The Hall–Kier alpha value is -1.51. The molecule has 1 aliphatic rings. The Morgan fingerprint density at radius 3 is 2.53 bits per heavy atom. The summed E-state index contributed by atoms with van der Waals surface area (Å²) in [4.78, 5) is 11.1. The minimum absolute atomic E-state index is 0.183. The zero-order valence-electron chi connectivity index (χ0n) is 9.51. The molecule has 0 saturated carbocycles. The molecule has 3 heteroatoms. The lowest BCUT2D eigenvalue weighted by Crippen LogP contribution is -2.17. The van der Waals surface area contributed by atoms with Gasteiger partial charge in [0.15, 0.2) is 5.78 Å². The van der Waals surface area contributed by atoms with Crippen LogP contribution in [0.15, 0.2) is 34.3 Å². The van der Waals surface area contributed by atoms with Crippen molar-refractivity contribution in [2.45, 2.75) is 27.7 Å². The van der Waals surface area contributed by atoms with E-state index in [9.17, 15) is 9.90 Å². The molecule has 1 heterocycles. The normalized spacial score (nSPS) is 18.0. The van der Waals surface area contributed by atoms with E-state index in [1.165, 1.54) is 6.92 Å². The molecule has 1 aliphatic heterocycles. The highest BCUT2D eigenvalue weighted by atomic mass is 16.5. The molecule has 15 heavy (non-hydrogen) atoms. The molecule has 0 aromatic carbocycles. The van der Waals surface area contributed by atoms with Crippen molar-refractivity contribution >= 4 is 5.78 Å². The average molecular weight is 207 g/mol. The molecule has 0 N–H and O–H groups in total. The number of ether oxygens (including phenoxy) is 1. The number of rotatable bonds is 2. The van der Waals surface area contributed by atoms with Gasteiger partial charge in [0.25, 0.3) is 0 Å². The summed E-state index contributed by atoms with van der Waals surface area (Å²) < 4.78 is 5.27. The molecule has 0 aromatic heterocycles. The van der Waals surface area contributed by atoms with Crippen LogP contribution in [0, 0.1) is 0 Å². The van der Waals surface area contributed by atoms with Gasteiger partial charge < -0.3 is 9.84 Å². The Labute approximate surface area is 89.7 Å². The van der Waals surface area contributed by atoms with Gasteiger partial charge in [-0.2, -0.15) is 0 Å². The number of ketones is 1. The van der Waals surface area contributed by atoms with Crippen molar-refractivity contribution in [3.63, 3.8) is 0 Å². The van der Waals surface area contributed by atoms with Crippen LogP contribution in [0.1, 0.15) is 27.7 Å². The molecule has 0 fully saturated rings. The molecule has 0 saturated heterocycles. The third-order valence-electron chi connectivity index (χ3n) is 2.63. The van der Waals surface area contributed by atoms with E-state index in [0.717, 1.165) is 11.3 Å². The van der Waals surface area contributed by atoms with Gasteiger partial charge in [-0.1, -0.05) is 5.76 Å². The quantitative estimate of drug-likeness (QED) is 0.508. The molecule has 0 amide bonds. The second-order valence-electron chi connectivity index (χ2n) is 3.62. The first-order valence-electron chi connectivity index (χ1n) is 4.85. The summed E-state index contributed by atoms with van der Waals surface area (Å²) in [5, 5.41) is 11.9. The van der Waals surface area contributed by atoms with Crippen LogP contribution in [0.5, 0.6) is 0 Å². The number of carbonyl (C=O) groups excluding carboxylic acids is 1. The van der Waals surface area contributed by atoms with Gasteiger partial charge in [-0.25, -0.2) is 0 Å². The van der Waals surface area contributed by atoms with E-state index < -0.39 is 0 Å². The maximum Gasteiger partial charge on any atom is 0.154 e. The van der Waals surface area contributed by atoms with Crippen molar-refractivity contribution in [1.29, 1.82) is 0 Å². The minimum Gasteiger partial charge on any atom is -0.872 e. The molecular formula is C12H15O3-. The lowest BCUT2D eigenvalue weighted by Gasteiger charge is -2.24. The summed E-state index contributed by atoms with van der Waals surface area (Å²) in [6.45, 7) is 7.00. The highest BCUT2D eigenvalue weighted by Crippen LogP contribution is 2.25. The fourth-order valence-electron chi connectivity index (χ4n) is 1.33. The van der Waals surface area contributed by atoms with Crippen molar-refractivity contribution in [3.8, 4) is 0 Å². The van der Waals surface area contributed by atoms with Crippen molar-refractivity contribution in [3.05, 3.63) is 34.3 Å². The van der Waals surface area contributed by atoms with Crippen LogP contribution in [0.3, 0.4) is 0 Å². The Morgan fingerprint density at radius 2 is 2.00 bits per heavy atom. The van der Waals surface area contributed by atoms with Crippen LogP contribution in [-0.2, 0) is 9.53 Å². The summed E-state index contributed by atoms with van der Waals surface area (Å²) in [6, 6.07) is 0. The van der Waals surface area contributed by atoms with E-state index in [2.05, 4.69) is 0 Å². The molecule has 0 atom stereocenters. The molecule has 0 spiro atoms. The standard InChI is InChI=1S/C12H16O3/c1-7(9(3)13)12(14)11-5-6-15-10(4)8(11)2/h5,14H,6H2,1-4H3/p-1/b12-7+. The van der Waals surface area contributed by atoms with Crippen LogP contribution >= 0.6 is 0 Å². The predicted molar refractivity (Wildman–Crippen MR) is 55.8 cm³/mol. The summed E-state index contributed by atoms with van der Waals surface area (Å²) in [7, 11) is 0. The highest BCUT2D eigenvalue weighted by molar-refractivity contribution is 5.93. The summed E-state index contributed by atoms with van der Waals surface area (Å²) >= 11 is 0. The van der Waals surface area contributed by atoms with Crippen LogP contribution in [0.4, 0.5) is 0 Å². The number of allylic oxidation sites excluding steroid dienone is 3. The van der Waals surface area contributed by atoms with E-state index in [1.807, 2.05) is 13.8 Å². The van der Waals surface area contributed by atoms with E-state index in [-0.39, 0.29) is 17.1 Å². The van der Waals surface area contributed by atoms with Crippen molar-refractivity contribution in [2.24, 2.45) is 0 Å². The third kappa shape index (κ3) is 2.29. The molecule has 0 unspecified atom stereocenters. The van der Waals surface area contributed by atoms with E-state index >= 15 is 0 Å². The lowest BCUT2D eigenvalue weighted by atomic mass is 9.99. The first kappa shape index (κ1) is 11.6. The Balaban J connectivity index is 3.15. The zero-order chi connectivity index (χ0) is 11.6. The first-order chi connectivity index (χ1) is 6.95. The SMILES string of the molecule is CC(=O)/C(C)=C(/[O-])C1=CCOC(C)=C1C. The monoisotopic (exact) mass is 207 g/mol. The molecule has 0 aliphatic carbocycles. The van der Waals surface area contributed by atoms with Gasteiger partial charge in [-0.15, -0.1) is 0 Å². The molecule has 1 rings (SSSR count). The molecule has 0 aromatic rings. The van der Waals surface area contributed by atoms with Crippen LogP contribution < -0.4 is 5.11 Å². The number of hydrogen-bond acceptors (Lipinski definition) is 3. The number of Topliss-reactive ketones (excluding diaryl/α,β-unsaturated/α-hetero) is 1. The van der Waals surface area contributed by atoms with E-state index in [0.29, 0.717) is 12.2 Å². The molecule has 82 valence electrons. The third-order valence-corrected chi connectivity index (χ3v) is 2.63. The predicted octanol–water partition coefficient (Wildman–Crippen LogP) is 1.46. The summed E-state index contributed by atoms with van der Waals surface area (Å²) in [5.74, 6) is 0.373. The fraction of sp³-hybridized carbons (Fsp3) is 0.417. The maximum absolute atomic E-state index is 11.9. The smallest absolute Gasteiger partial charge is 0.154 e. The van der Waals surface area contributed by atoms with Gasteiger partial charge in [0.05, 0.1) is 5.76 Å².